The van der Waals surface area contributed by atoms with Crippen molar-refractivity contribution in [2.24, 2.45) is 0 Å². The second-order valence-corrected chi connectivity index (χ2v) is 6.91. The minimum absolute atomic E-state index is 0. The average molecular weight is 402 g/mol. The number of anilines is 1. The van der Waals surface area contributed by atoms with Crippen molar-refractivity contribution in [3.05, 3.63) is 53.6 Å². The monoisotopic (exact) mass is 401 g/mol. The fourth-order valence-corrected chi connectivity index (χ4v) is 3.43. The number of amides is 1. The predicted molar refractivity (Wildman–Crippen MR) is 109 cm³/mol. The van der Waals surface area contributed by atoms with Crippen LogP contribution in [0.5, 0.6) is 0 Å². The van der Waals surface area contributed by atoms with Crippen LogP contribution in [0.3, 0.4) is 0 Å². The SMILES string of the molecule is Cc1cc(C)n(-c2cccc(NC(=O)c3cn(C4CCNCC4)nn3)c2)n1.Cl. The molecule has 0 bridgehead atoms. The van der Waals surface area contributed by atoms with Crippen molar-refractivity contribution in [1.82, 2.24) is 30.1 Å². The first kappa shape index (κ1) is 20.0. The van der Waals surface area contributed by atoms with E-state index in [1.54, 1.807) is 6.20 Å². The molecule has 3 aromatic rings. The largest absolute Gasteiger partial charge is 0.320 e. The molecule has 2 N–H and O–H groups in total. The summed E-state index contributed by atoms with van der Waals surface area (Å²) < 4.78 is 3.67. The fourth-order valence-electron chi connectivity index (χ4n) is 3.43. The van der Waals surface area contributed by atoms with Gasteiger partial charge in [0, 0.05) is 11.4 Å². The summed E-state index contributed by atoms with van der Waals surface area (Å²) in [7, 11) is 0. The highest BCUT2D eigenvalue weighted by molar-refractivity contribution is 6.02. The highest BCUT2D eigenvalue weighted by Gasteiger charge is 2.19. The fraction of sp³-hybridized carbons (Fsp3) is 0.368. The van der Waals surface area contributed by atoms with Crippen LogP contribution in [-0.4, -0.2) is 43.8 Å². The smallest absolute Gasteiger partial charge is 0.277 e. The molecule has 1 saturated heterocycles. The number of benzene rings is 1. The summed E-state index contributed by atoms with van der Waals surface area (Å²) in [5, 5.41) is 18.9. The van der Waals surface area contributed by atoms with Crippen molar-refractivity contribution in [3.63, 3.8) is 0 Å². The molecule has 8 nitrogen and oxygen atoms in total. The molecule has 0 unspecified atom stereocenters. The van der Waals surface area contributed by atoms with Gasteiger partial charge >= 0.3 is 0 Å². The maximum Gasteiger partial charge on any atom is 0.277 e. The van der Waals surface area contributed by atoms with Gasteiger partial charge in [-0.1, -0.05) is 11.3 Å². The average Bonchev–Trinajstić information content (AvgIpc) is 3.29. The normalized spacial score (nSPS) is 14.5. The lowest BCUT2D eigenvalue weighted by Crippen LogP contribution is -2.29. The molecule has 148 valence electrons. The van der Waals surface area contributed by atoms with Crippen molar-refractivity contribution >= 4 is 24.0 Å². The summed E-state index contributed by atoms with van der Waals surface area (Å²) in [6.07, 6.45) is 3.72. The van der Waals surface area contributed by atoms with E-state index in [1.165, 1.54) is 0 Å². The Morgan fingerprint density at radius 3 is 2.71 bits per heavy atom. The molecule has 4 rings (SSSR count). The third-order valence-electron chi connectivity index (χ3n) is 4.78. The molecule has 1 amide bonds. The van der Waals surface area contributed by atoms with Gasteiger partial charge in [-0.25, -0.2) is 9.36 Å². The first-order chi connectivity index (χ1) is 13.1. The van der Waals surface area contributed by atoms with Gasteiger partial charge in [0.1, 0.15) is 0 Å². The van der Waals surface area contributed by atoms with Crippen molar-refractivity contribution in [3.8, 4) is 5.69 Å². The first-order valence-electron chi connectivity index (χ1n) is 9.18. The van der Waals surface area contributed by atoms with Crippen LogP contribution in [0.4, 0.5) is 5.69 Å². The summed E-state index contributed by atoms with van der Waals surface area (Å²) in [6.45, 7) is 5.89. The zero-order valence-electron chi connectivity index (χ0n) is 15.9. The molecule has 0 radical (unpaired) electrons. The van der Waals surface area contributed by atoms with Gasteiger partial charge in [-0.05, 0) is 64.0 Å². The van der Waals surface area contributed by atoms with E-state index in [0.717, 1.165) is 43.0 Å². The number of carbonyl (C=O) groups is 1. The van der Waals surface area contributed by atoms with E-state index < -0.39 is 0 Å². The highest BCUT2D eigenvalue weighted by Crippen LogP contribution is 2.19. The summed E-state index contributed by atoms with van der Waals surface area (Å²) >= 11 is 0. The summed E-state index contributed by atoms with van der Waals surface area (Å²) in [5.41, 5.74) is 3.92. The second kappa shape index (κ2) is 8.53. The minimum atomic E-state index is -0.263. The molecule has 0 aliphatic carbocycles. The van der Waals surface area contributed by atoms with Crippen molar-refractivity contribution in [2.45, 2.75) is 32.7 Å². The maximum atomic E-state index is 12.6. The number of nitrogens with one attached hydrogen (secondary N) is 2. The van der Waals surface area contributed by atoms with E-state index in [-0.39, 0.29) is 18.3 Å². The Balaban J connectivity index is 0.00000225. The highest BCUT2D eigenvalue weighted by atomic mass is 35.5. The summed E-state index contributed by atoms with van der Waals surface area (Å²) in [4.78, 5) is 12.6. The topological polar surface area (TPSA) is 89.7 Å². The van der Waals surface area contributed by atoms with E-state index in [1.807, 2.05) is 53.5 Å². The van der Waals surface area contributed by atoms with Crippen LogP contribution < -0.4 is 10.6 Å². The van der Waals surface area contributed by atoms with Gasteiger partial charge < -0.3 is 10.6 Å². The third kappa shape index (κ3) is 4.23. The quantitative estimate of drug-likeness (QED) is 0.701. The van der Waals surface area contributed by atoms with Gasteiger partial charge in [0.2, 0.25) is 0 Å². The molecule has 0 saturated carbocycles. The Morgan fingerprint density at radius 1 is 1.21 bits per heavy atom. The second-order valence-electron chi connectivity index (χ2n) is 6.91. The zero-order valence-corrected chi connectivity index (χ0v) is 16.7. The van der Waals surface area contributed by atoms with E-state index in [4.69, 9.17) is 0 Å². The number of hydrogen-bond acceptors (Lipinski definition) is 5. The van der Waals surface area contributed by atoms with Gasteiger partial charge in [0.15, 0.2) is 5.69 Å². The number of aryl methyl sites for hydroxylation is 2. The van der Waals surface area contributed by atoms with Crippen LogP contribution in [0.2, 0.25) is 0 Å². The molecule has 9 heteroatoms. The number of nitrogens with zero attached hydrogens (tertiary/aromatic N) is 5. The number of hydrogen-bond donors (Lipinski definition) is 2. The molecular formula is C19H24ClN7O. The van der Waals surface area contributed by atoms with Crippen LogP contribution in [0.25, 0.3) is 5.69 Å². The molecule has 1 aromatic carbocycles. The Morgan fingerprint density at radius 2 is 2.00 bits per heavy atom. The van der Waals surface area contributed by atoms with Crippen LogP contribution in [0.1, 0.15) is 40.8 Å². The first-order valence-corrected chi connectivity index (χ1v) is 9.18. The molecule has 0 atom stereocenters. The molecule has 3 heterocycles. The molecule has 28 heavy (non-hydrogen) atoms. The summed E-state index contributed by atoms with van der Waals surface area (Å²) in [6, 6.07) is 9.92. The lowest BCUT2D eigenvalue weighted by Gasteiger charge is -2.22. The van der Waals surface area contributed by atoms with Crippen LogP contribution in [0.15, 0.2) is 36.5 Å². The third-order valence-corrected chi connectivity index (χ3v) is 4.78. The molecule has 1 fully saturated rings. The maximum absolute atomic E-state index is 12.6. The molecule has 1 aliphatic rings. The standard InChI is InChI=1S/C19H23N7O.ClH/c1-13-10-14(2)26(23-13)17-5-3-4-15(11-17)21-19(27)18-12-25(24-22-18)16-6-8-20-9-7-16;/h3-5,10-12,16,20H,6-9H2,1-2H3,(H,21,27);1H. The van der Waals surface area contributed by atoms with E-state index >= 15 is 0 Å². The Bertz CT molecular complexity index is 959. The van der Waals surface area contributed by atoms with Gasteiger partial charge in [0.05, 0.1) is 23.6 Å². The van der Waals surface area contributed by atoms with Gasteiger partial charge in [-0.2, -0.15) is 5.10 Å². The zero-order chi connectivity index (χ0) is 18.8. The minimum Gasteiger partial charge on any atom is -0.320 e. The van der Waals surface area contributed by atoms with Crippen molar-refractivity contribution in [1.29, 1.82) is 0 Å². The van der Waals surface area contributed by atoms with E-state index in [2.05, 4.69) is 26.0 Å². The Labute approximate surface area is 169 Å². The number of aromatic nitrogens is 5. The number of carbonyl (C=O) groups excluding carboxylic acids is 1. The van der Waals surface area contributed by atoms with Gasteiger partial charge in [-0.15, -0.1) is 17.5 Å². The molecule has 2 aromatic heterocycles. The van der Waals surface area contributed by atoms with Crippen molar-refractivity contribution in [2.75, 3.05) is 18.4 Å². The molecular weight excluding hydrogens is 378 g/mol. The number of rotatable bonds is 4. The molecule has 0 spiro atoms. The Kier molecular flexibility index (Phi) is 6.11. The molecule has 1 aliphatic heterocycles. The van der Waals surface area contributed by atoms with Gasteiger partial charge in [-0.3, -0.25) is 4.79 Å². The van der Waals surface area contributed by atoms with Gasteiger partial charge in [0.25, 0.3) is 5.91 Å². The number of halogens is 1. The lowest BCUT2D eigenvalue weighted by molar-refractivity contribution is 0.102. The van der Waals surface area contributed by atoms with Crippen LogP contribution >= 0.6 is 12.4 Å². The van der Waals surface area contributed by atoms with Crippen LogP contribution in [0, 0.1) is 13.8 Å². The Hall–Kier alpha value is -2.71. The lowest BCUT2D eigenvalue weighted by atomic mass is 10.1. The van der Waals surface area contributed by atoms with Crippen molar-refractivity contribution < 1.29 is 4.79 Å². The van der Waals surface area contributed by atoms with Crippen LogP contribution in [-0.2, 0) is 0 Å². The van der Waals surface area contributed by atoms with E-state index in [0.29, 0.717) is 17.4 Å². The number of piperidine rings is 1. The summed E-state index contributed by atoms with van der Waals surface area (Å²) in [5.74, 6) is -0.263. The van der Waals surface area contributed by atoms with E-state index in [9.17, 15) is 4.79 Å². The predicted octanol–water partition coefficient (Wildman–Crippen LogP) is 2.68.